The zero-order valence-corrected chi connectivity index (χ0v) is 13.2. The topological polar surface area (TPSA) is 70.6 Å². The lowest BCUT2D eigenvalue weighted by molar-refractivity contribution is -0.116. The molecule has 0 radical (unpaired) electrons. The number of nitrogens with one attached hydrogen (secondary N) is 2. The third kappa shape index (κ3) is 6.60. The number of aliphatic hydroxyl groups is 1. The van der Waals surface area contributed by atoms with Crippen molar-refractivity contribution in [2.75, 3.05) is 19.0 Å². The standard InChI is InChI=1S/C16H26N2O3/c1-11(2)15(19)10-17-12(3)9-16(20)18-13-5-7-14(21-4)8-6-13/h5-8,11-12,15,17,19H,9-10H2,1-4H3,(H,18,20). The van der Waals surface area contributed by atoms with E-state index in [9.17, 15) is 9.90 Å². The number of hydrogen-bond acceptors (Lipinski definition) is 4. The molecule has 1 aromatic rings. The minimum atomic E-state index is -0.392. The van der Waals surface area contributed by atoms with Crippen LogP contribution >= 0.6 is 0 Å². The fourth-order valence-electron chi connectivity index (χ4n) is 1.79. The number of amides is 1. The van der Waals surface area contributed by atoms with Gasteiger partial charge in [0, 0.05) is 24.7 Å². The molecule has 1 aromatic carbocycles. The van der Waals surface area contributed by atoms with Gasteiger partial charge in [-0.2, -0.15) is 0 Å². The number of methoxy groups -OCH3 is 1. The van der Waals surface area contributed by atoms with E-state index in [0.29, 0.717) is 13.0 Å². The smallest absolute Gasteiger partial charge is 0.225 e. The Morgan fingerprint density at radius 2 is 1.86 bits per heavy atom. The third-order valence-corrected chi connectivity index (χ3v) is 3.31. The molecular formula is C16H26N2O3. The summed E-state index contributed by atoms with van der Waals surface area (Å²) < 4.78 is 5.07. The normalized spacial score (nSPS) is 13.8. The number of carbonyl (C=O) groups excluding carboxylic acids is 1. The van der Waals surface area contributed by atoms with Crippen molar-refractivity contribution in [3.8, 4) is 5.75 Å². The zero-order chi connectivity index (χ0) is 15.8. The highest BCUT2D eigenvalue weighted by Gasteiger charge is 2.13. The van der Waals surface area contributed by atoms with Crippen LogP contribution in [0.25, 0.3) is 0 Å². The van der Waals surface area contributed by atoms with Gasteiger partial charge in [-0.15, -0.1) is 0 Å². The van der Waals surface area contributed by atoms with Gasteiger partial charge < -0.3 is 20.5 Å². The Hall–Kier alpha value is -1.59. The molecule has 0 aliphatic carbocycles. The van der Waals surface area contributed by atoms with Crippen LogP contribution in [0.4, 0.5) is 5.69 Å². The second-order valence-electron chi connectivity index (χ2n) is 5.60. The second kappa shape index (κ2) is 8.64. The number of anilines is 1. The van der Waals surface area contributed by atoms with Crippen LogP contribution in [-0.2, 0) is 4.79 Å². The van der Waals surface area contributed by atoms with Crippen LogP contribution in [0, 0.1) is 5.92 Å². The maximum absolute atomic E-state index is 11.9. The summed E-state index contributed by atoms with van der Waals surface area (Å²) in [5.74, 6) is 0.905. The average Bonchev–Trinajstić information content (AvgIpc) is 2.45. The maximum Gasteiger partial charge on any atom is 0.225 e. The van der Waals surface area contributed by atoms with Crippen LogP contribution < -0.4 is 15.4 Å². The molecule has 0 saturated heterocycles. The second-order valence-corrected chi connectivity index (χ2v) is 5.60. The van der Waals surface area contributed by atoms with Gasteiger partial charge in [-0.1, -0.05) is 13.8 Å². The number of rotatable bonds is 8. The Morgan fingerprint density at radius 3 is 2.38 bits per heavy atom. The van der Waals surface area contributed by atoms with Crippen molar-refractivity contribution < 1.29 is 14.6 Å². The Labute approximate surface area is 126 Å². The first-order valence-electron chi connectivity index (χ1n) is 7.27. The van der Waals surface area contributed by atoms with Gasteiger partial charge in [0.1, 0.15) is 5.75 Å². The van der Waals surface area contributed by atoms with E-state index in [2.05, 4.69) is 10.6 Å². The lowest BCUT2D eigenvalue weighted by Gasteiger charge is -2.19. The third-order valence-electron chi connectivity index (χ3n) is 3.31. The van der Waals surface area contributed by atoms with E-state index >= 15 is 0 Å². The maximum atomic E-state index is 11.9. The highest BCUT2D eigenvalue weighted by Crippen LogP contribution is 2.15. The van der Waals surface area contributed by atoms with Gasteiger partial charge in [-0.05, 0) is 37.1 Å². The first-order valence-corrected chi connectivity index (χ1v) is 7.27. The molecule has 0 aromatic heterocycles. The van der Waals surface area contributed by atoms with Crippen molar-refractivity contribution in [3.05, 3.63) is 24.3 Å². The number of ether oxygens (including phenoxy) is 1. The van der Waals surface area contributed by atoms with Crippen LogP contribution in [-0.4, -0.2) is 36.8 Å². The van der Waals surface area contributed by atoms with E-state index in [1.807, 2.05) is 20.8 Å². The highest BCUT2D eigenvalue weighted by molar-refractivity contribution is 5.91. The summed E-state index contributed by atoms with van der Waals surface area (Å²) in [4.78, 5) is 11.9. The summed E-state index contributed by atoms with van der Waals surface area (Å²) in [7, 11) is 1.60. The van der Waals surface area contributed by atoms with Gasteiger partial charge in [0.25, 0.3) is 0 Å². The Kier molecular flexibility index (Phi) is 7.19. The van der Waals surface area contributed by atoms with E-state index in [1.165, 1.54) is 0 Å². The molecule has 0 bridgehead atoms. The summed E-state index contributed by atoms with van der Waals surface area (Å²) in [5.41, 5.74) is 0.746. The van der Waals surface area contributed by atoms with Crippen LogP contribution in [0.1, 0.15) is 27.2 Å². The van der Waals surface area contributed by atoms with Crippen LogP contribution in [0.3, 0.4) is 0 Å². The number of hydrogen-bond donors (Lipinski definition) is 3. The lowest BCUT2D eigenvalue weighted by atomic mass is 10.1. The van der Waals surface area contributed by atoms with Gasteiger partial charge in [0.15, 0.2) is 0 Å². The van der Waals surface area contributed by atoms with E-state index in [4.69, 9.17) is 4.74 Å². The first-order chi connectivity index (χ1) is 9.92. The first kappa shape index (κ1) is 17.5. The van der Waals surface area contributed by atoms with Crippen molar-refractivity contribution in [3.63, 3.8) is 0 Å². The van der Waals surface area contributed by atoms with Gasteiger partial charge in [-0.3, -0.25) is 4.79 Å². The van der Waals surface area contributed by atoms with Crippen LogP contribution in [0.15, 0.2) is 24.3 Å². The molecule has 1 amide bonds. The highest BCUT2D eigenvalue weighted by atomic mass is 16.5. The molecule has 2 atom stereocenters. The van der Waals surface area contributed by atoms with Gasteiger partial charge in [0.05, 0.1) is 13.2 Å². The van der Waals surface area contributed by atoms with Crippen molar-refractivity contribution in [1.29, 1.82) is 0 Å². The molecular weight excluding hydrogens is 268 g/mol. The Balaban J connectivity index is 2.35. The fourth-order valence-corrected chi connectivity index (χ4v) is 1.79. The molecule has 3 N–H and O–H groups in total. The van der Waals surface area contributed by atoms with Gasteiger partial charge in [0.2, 0.25) is 5.91 Å². The van der Waals surface area contributed by atoms with E-state index in [-0.39, 0.29) is 17.9 Å². The molecule has 0 fully saturated rings. The minimum absolute atomic E-state index is 0.0108. The summed E-state index contributed by atoms with van der Waals surface area (Å²) in [6.45, 7) is 6.36. The molecule has 0 spiro atoms. The average molecular weight is 294 g/mol. The molecule has 118 valence electrons. The number of carbonyl (C=O) groups is 1. The van der Waals surface area contributed by atoms with Crippen LogP contribution in [0.5, 0.6) is 5.75 Å². The summed E-state index contributed by atoms with van der Waals surface area (Å²) in [6.07, 6.45) is -0.0336. The molecule has 0 aliphatic heterocycles. The zero-order valence-electron chi connectivity index (χ0n) is 13.2. The van der Waals surface area contributed by atoms with E-state index in [1.54, 1.807) is 31.4 Å². The molecule has 5 nitrogen and oxygen atoms in total. The van der Waals surface area contributed by atoms with E-state index in [0.717, 1.165) is 11.4 Å². The number of benzene rings is 1. The molecule has 0 saturated carbocycles. The summed E-state index contributed by atoms with van der Waals surface area (Å²) in [6, 6.07) is 7.22. The molecule has 2 unspecified atom stereocenters. The molecule has 0 aliphatic rings. The predicted octanol–water partition coefficient (Wildman–Crippen LogP) is 2.02. The molecule has 5 heteroatoms. The summed E-state index contributed by atoms with van der Waals surface area (Å²) in [5, 5.41) is 15.7. The quantitative estimate of drug-likeness (QED) is 0.686. The van der Waals surface area contributed by atoms with Crippen molar-refractivity contribution in [2.24, 2.45) is 5.92 Å². The monoisotopic (exact) mass is 294 g/mol. The predicted molar refractivity (Wildman–Crippen MR) is 84.6 cm³/mol. The van der Waals surface area contributed by atoms with Crippen molar-refractivity contribution in [1.82, 2.24) is 5.32 Å². The fraction of sp³-hybridized carbons (Fsp3) is 0.562. The van der Waals surface area contributed by atoms with Crippen LogP contribution in [0.2, 0.25) is 0 Å². The van der Waals surface area contributed by atoms with E-state index < -0.39 is 6.10 Å². The SMILES string of the molecule is COc1ccc(NC(=O)CC(C)NCC(O)C(C)C)cc1. The number of aliphatic hydroxyl groups excluding tert-OH is 1. The van der Waals surface area contributed by atoms with Gasteiger partial charge >= 0.3 is 0 Å². The Bertz CT molecular complexity index is 432. The molecule has 21 heavy (non-hydrogen) atoms. The minimum Gasteiger partial charge on any atom is -0.497 e. The Morgan fingerprint density at radius 1 is 1.24 bits per heavy atom. The molecule has 0 heterocycles. The van der Waals surface area contributed by atoms with Crippen molar-refractivity contribution in [2.45, 2.75) is 39.3 Å². The summed E-state index contributed by atoms with van der Waals surface area (Å²) >= 11 is 0. The molecule has 1 rings (SSSR count). The largest absolute Gasteiger partial charge is 0.497 e. The van der Waals surface area contributed by atoms with Crippen molar-refractivity contribution >= 4 is 11.6 Å². The van der Waals surface area contributed by atoms with Gasteiger partial charge in [-0.25, -0.2) is 0 Å². The lowest BCUT2D eigenvalue weighted by Crippen LogP contribution is -2.38.